The van der Waals surface area contributed by atoms with Crippen molar-refractivity contribution in [2.24, 2.45) is 11.3 Å². The highest BCUT2D eigenvalue weighted by molar-refractivity contribution is 9.10. The maximum Gasteiger partial charge on any atom is 0.0353 e. The summed E-state index contributed by atoms with van der Waals surface area (Å²) in [6, 6.07) is 9.40. The van der Waals surface area contributed by atoms with Crippen LogP contribution in [0.4, 0.5) is 0 Å². The Hall–Kier alpha value is -0.340. The van der Waals surface area contributed by atoms with Crippen molar-refractivity contribution in [1.82, 2.24) is 5.32 Å². The minimum absolute atomic E-state index is 0.441. The van der Waals surface area contributed by atoms with Crippen LogP contribution < -0.4 is 5.32 Å². The standard InChI is InChI=1S/C18H28BrN/c1-4-13-20-17(14-8-10-15(19)11-9-14)16-7-5-6-12-18(16,2)3/h8-11,16-17,20H,4-7,12-13H2,1-3H3. The molecule has 1 fully saturated rings. The molecule has 2 unspecified atom stereocenters. The molecule has 1 aliphatic carbocycles. The van der Waals surface area contributed by atoms with Crippen molar-refractivity contribution in [2.75, 3.05) is 6.54 Å². The molecular formula is C18H28BrN. The number of hydrogen-bond donors (Lipinski definition) is 1. The highest BCUT2D eigenvalue weighted by Gasteiger charge is 2.37. The highest BCUT2D eigenvalue weighted by atomic mass is 79.9. The van der Waals surface area contributed by atoms with Crippen molar-refractivity contribution < 1.29 is 0 Å². The normalized spacial score (nSPS) is 23.5. The minimum atomic E-state index is 0.441. The number of rotatable bonds is 5. The third-order valence-electron chi connectivity index (χ3n) is 4.84. The molecule has 0 aliphatic heterocycles. The van der Waals surface area contributed by atoms with Crippen molar-refractivity contribution in [3.63, 3.8) is 0 Å². The van der Waals surface area contributed by atoms with Gasteiger partial charge in [-0.05, 0) is 54.8 Å². The Balaban J connectivity index is 2.24. The lowest BCUT2D eigenvalue weighted by atomic mass is 9.65. The molecule has 20 heavy (non-hydrogen) atoms. The zero-order chi connectivity index (χ0) is 14.6. The lowest BCUT2D eigenvalue weighted by molar-refractivity contribution is 0.0982. The number of halogens is 1. The monoisotopic (exact) mass is 337 g/mol. The van der Waals surface area contributed by atoms with Gasteiger partial charge in [0, 0.05) is 10.5 Å². The summed E-state index contributed by atoms with van der Waals surface area (Å²) in [4.78, 5) is 0. The van der Waals surface area contributed by atoms with Crippen LogP contribution in [0.2, 0.25) is 0 Å². The van der Waals surface area contributed by atoms with Crippen molar-refractivity contribution in [2.45, 2.75) is 58.9 Å². The van der Waals surface area contributed by atoms with E-state index < -0.39 is 0 Å². The van der Waals surface area contributed by atoms with Crippen molar-refractivity contribution in [1.29, 1.82) is 0 Å². The molecular weight excluding hydrogens is 310 g/mol. The molecule has 0 spiro atoms. The topological polar surface area (TPSA) is 12.0 Å². The molecule has 1 aliphatic rings. The van der Waals surface area contributed by atoms with Gasteiger partial charge in [0.2, 0.25) is 0 Å². The van der Waals surface area contributed by atoms with Crippen LogP contribution in [-0.4, -0.2) is 6.54 Å². The number of nitrogens with one attached hydrogen (secondary N) is 1. The Morgan fingerprint density at radius 1 is 1.25 bits per heavy atom. The van der Waals surface area contributed by atoms with Crippen LogP contribution in [0.5, 0.6) is 0 Å². The second-order valence-corrected chi connectivity index (χ2v) is 7.74. The van der Waals surface area contributed by atoms with Gasteiger partial charge in [0.05, 0.1) is 0 Å². The summed E-state index contributed by atoms with van der Waals surface area (Å²) in [5, 5.41) is 3.82. The second kappa shape index (κ2) is 7.09. The predicted molar refractivity (Wildman–Crippen MR) is 90.9 cm³/mol. The molecule has 0 saturated heterocycles. The molecule has 1 nitrogen and oxygen atoms in total. The minimum Gasteiger partial charge on any atom is -0.310 e. The van der Waals surface area contributed by atoms with E-state index in [9.17, 15) is 0 Å². The van der Waals surface area contributed by atoms with Gasteiger partial charge in [0.15, 0.2) is 0 Å². The van der Waals surface area contributed by atoms with Gasteiger partial charge in [-0.15, -0.1) is 0 Å². The van der Waals surface area contributed by atoms with Crippen LogP contribution in [-0.2, 0) is 0 Å². The van der Waals surface area contributed by atoms with E-state index in [2.05, 4.69) is 66.3 Å². The molecule has 2 atom stereocenters. The van der Waals surface area contributed by atoms with E-state index in [4.69, 9.17) is 0 Å². The first-order chi connectivity index (χ1) is 9.54. The van der Waals surface area contributed by atoms with E-state index in [1.165, 1.54) is 42.1 Å². The van der Waals surface area contributed by atoms with Crippen LogP contribution in [0.3, 0.4) is 0 Å². The molecule has 2 rings (SSSR count). The van der Waals surface area contributed by atoms with Gasteiger partial charge in [-0.2, -0.15) is 0 Å². The summed E-state index contributed by atoms with van der Waals surface area (Å²) < 4.78 is 1.17. The molecule has 2 heteroatoms. The first-order valence-electron chi connectivity index (χ1n) is 8.03. The maximum absolute atomic E-state index is 3.82. The fourth-order valence-electron chi connectivity index (χ4n) is 3.60. The van der Waals surface area contributed by atoms with Crippen LogP contribution in [0.1, 0.15) is 64.5 Å². The maximum atomic E-state index is 3.82. The van der Waals surface area contributed by atoms with Crippen molar-refractivity contribution in [3.05, 3.63) is 34.3 Å². The van der Waals surface area contributed by atoms with Crippen molar-refractivity contribution in [3.8, 4) is 0 Å². The van der Waals surface area contributed by atoms with E-state index in [1.807, 2.05) is 0 Å². The average molecular weight is 338 g/mol. The lowest BCUT2D eigenvalue weighted by Gasteiger charge is -2.44. The Bertz CT molecular complexity index is 410. The SMILES string of the molecule is CCCNC(c1ccc(Br)cc1)C1CCCCC1(C)C. The second-order valence-electron chi connectivity index (χ2n) is 6.82. The molecule has 1 saturated carbocycles. The first kappa shape index (κ1) is 16.0. The van der Waals surface area contributed by atoms with E-state index in [0.717, 1.165) is 12.5 Å². The first-order valence-corrected chi connectivity index (χ1v) is 8.83. The summed E-state index contributed by atoms with van der Waals surface area (Å²) >= 11 is 3.55. The number of hydrogen-bond acceptors (Lipinski definition) is 1. The average Bonchev–Trinajstić information content (AvgIpc) is 2.42. The van der Waals surface area contributed by atoms with Crippen molar-refractivity contribution >= 4 is 15.9 Å². The fraction of sp³-hybridized carbons (Fsp3) is 0.667. The Labute approximate surface area is 132 Å². The van der Waals surface area contributed by atoms with Gasteiger partial charge < -0.3 is 5.32 Å². The Morgan fingerprint density at radius 3 is 2.55 bits per heavy atom. The van der Waals surface area contributed by atoms with Gasteiger partial charge in [-0.1, -0.05) is 61.7 Å². The summed E-state index contributed by atoms with van der Waals surface area (Å²) in [7, 11) is 0. The van der Waals surface area contributed by atoms with E-state index >= 15 is 0 Å². The van der Waals surface area contributed by atoms with Crippen LogP contribution >= 0.6 is 15.9 Å². The van der Waals surface area contributed by atoms with Gasteiger partial charge in [-0.3, -0.25) is 0 Å². The summed E-state index contributed by atoms with van der Waals surface area (Å²) in [5.74, 6) is 0.740. The third kappa shape index (κ3) is 3.85. The van der Waals surface area contributed by atoms with E-state index in [0.29, 0.717) is 11.5 Å². The molecule has 0 radical (unpaired) electrons. The highest BCUT2D eigenvalue weighted by Crippen LogP contribution is 2.46. The van der Waals surface area contributed by atoms with Crippen LogP contribution in [0.15, 0.2) is 28.7 Å². The summed E-state index contributed by atoms with van der Waals surface area (Å²) in [6.45, 7) is 8.26. The van der Waals surface area contributed by atoms with Gasteiger partial charge in [-0.25, -0.2) is 0 Å². The molecule has 1 N–H and O–H groups in total. The largest absolute Gasteiger partial charge is 0.310 e. The quantitative estimate of drug-likeness (QED) is 0.725. The predicted octanol–water partition coefficient (Wildman–Crippen LogP) is 5.71. The molecule has 1 aromatic rings. The summed E-state index contributed by atoms with van der Waals surface area (Å²) in [5.41, 5.74) is 1.89. The van der Waals surface area contributed by atoms with E-state index in [-0.39, 0.29) is 0 Å². The third-order valence-corrected chi connectivity index (χ3v) is 5.36. The summed E-state index contributed by atoms with van der Waals surface area (Å²) in [6.07, 6.45) is 6.68. The Kier molecular flexibility index (Phi) is 5.68. The van der Waals surface area contributed by atoms with Crippen LogP contribution in [0, 0.1) is 11.3 Å². The molecule has 112 valence electrons. The Morgan fingerprint density at radius 2 is 1.95 bits per heavy atom. The molecule has 0 aromatic heterocycles. The zero-order valence-electron chi connectivity index (χ0n) is 13.1. The molecule has 1 aromatic carbocycles. The molecule has 0 amide bonds. The molecule has 0 bridgehead atoms. The van der Waals surface area contributed by atoms with Gasteiger partial charge >= 0.3 is 0 Å². The molecule has 0 heterocycles. The van der Waals surface area contributed by atoms with Crippen LogP contribution in [0.25, 0.3) is 0 Å². The van der Waals surface area contributed by atoms with Gasteiger partial charge in [0.25, 0.3) is 0 Å². The smallest absolute Gasteiger partial charge is 0.0353 e. The lowest BCUT2D eigenvalue weighted by Crippen LogP contribution is -2.39. The van der Waals surface area contributed by atoms with E-state index in [1.54, 1.807) is 0 Å². The number of benzene rings is 1. The zero-order valence-corrected chi connectivity index (χ0v) is 14.7. The van der Waals surface area contributed by atoms with Gasteiger partial charge in [0.1, 0.15) is 0 Å². The fourth-order valence-corrected chi connectivity index (χ4v) is 3.87.